The van der Waals surface area contributed by atoms with Gasteiger partial charge in [0.05, 0.1) is 13.2 Å². The third-order valence-corrected chi connectivity index (χ3v) is 5.62. The molecule has 13 heteroatoms. The maximum atomic E-state index is 11.5. The summed E-state index contributed by atoms with van der Waals surface area (Å²) in [5.74, 6) is 2.22. The van der Waals surface area contributed by atoms with Gasteiger partial charge in [-0.3, -0.25) is 0 Å². The van der Waals surface area contributed by atoms with E-state index in [2.05, 4.69) is 37.5 Å². The Morgan fingerprint density at radius 3 is 1.27 bits per heavy atom. The first-order valence-corrected chi connectivity index (χ1v) is 13.7. The van der Waals surface area contributed by atoms with Crippen LogP contribution in [0.2, 0.25) is 0 Å². The molecule has 0 aliphatic carbocycles. The van der Waals surface area contributed by atoms with Crippen LogP contribution in [-0.4, -0.2) is 70.8 Å². The van der Waals surface area contributed by atoms with E-state index < -0.39 is 5.97 Å². The molecule has 0 atom stereocenters. The molecule has 1 aromatic heterocycles. The van der Waals surface area contributed by atoms with E-state index >= 15 is 0 Å². The maximum absolute atomic E-state index is 11.5. The molecule has 1 heterocycles. The van der Waals surface area contributed by atoms with Gasteiger partial charge in [-0.25, -0.2) is 4.79 Å². The van der Waals surface area contributed by atoms with Crippen LogP contribution in [0, 0.1) is 0 Å². The second-order valence-corrected chi connectivity index (χ2v) is 9.16. The summed E-state index contributed by atoms with van der Waals surface area (Å²) >= 11 is 0. The van der Waals surface area contributed by atoms with Crippen molar-refractivity contribution in [2.75, 3.05) is 55.6 Å². The van der Waals surface area contributed by atoms with Gasteiger partial charge in [0.2, 0.25) is 17.8 Å². The van der Waals surface area contributed by atoms with E-state index in [0.29, 0.717) is 39.9 Å². The number of aliphatic hydroxyl groups excluding tert-OH is 2. The molecular formula is C31H34N6O7. The average Bonchev–Trinajstić information content (AvgIpc) is 3.03. The number of ether oxygens (including phenoxy) is 4. The Morgan fingerprint density at radius 2 is 0.955 bits per heavy atom. The number of anilines is 6. The second-order valence-electron chi connectivity index (χ2n) is 9.16. The van der Waals surface area contributed by atoms with Gasteiger partial charge < -0.3 is 45.1 Å². The van der Waals surface area contributed by atoms with Crippen LogP contribution in [0.4, 0.5) is 34.9 Å². The number of carbonyl (C=O) groups excluding carboxylic acids is 1. The van der Waals surface area contributed by atoms with Crippen LogP contribution in [0.5, 0.6) is 17.2 Å². The molecule has 0 amide bonds. The summed E-state index contributed by atoms with van der Waals surface area (Å²) in [7, 11) is 0. The van der Waals surface area contributed by atoms with E-state index in [1.165, 1.54) is 0 Å². The van der Waals surface area contributed by atoms with Crippen LogP contribution in [-0.2, 0) is 9.53 Å². The number of carbonyl (C=O) groups is 1. The quantitative estimate of drug-likeness (QED) is 0.0658. The molecule has 3 aromatic carbocycles. The highest BCUT2D eigenvalue weighted by atomic mass is 16.6. The van der Waals surface area contributed by atoms with Crippen LogP contribution in [0.25, 0.3) is 0 Å². The summed E-state index contributed by atoms with van der Waals surface area (Å²) < 4.78 is 21.5. The molecule has 5 N–H and O–H groups in total. The topological polar surface area (TPSA) is 169 Å². The van der Waals surface area contributed by atoms with E-state index in [-0.39, 0.29) is 57.5 Å². The molecule has 44 heavy (non-hydrogen) atoms. The van der Waals surface area contributed by atoms with Crippen molar-refractivity contribution in [2.24, 2.45) is 0 Å². The van der Waals surface area contributed by atoms with E-state index in [9.17, 15) is 4.79 Å². The third kappa shape index (κ3) is 10.2. The third-order valence-electron chi connectivity index (χ3n) is 5.62. The van der Waals surface area contributed by atoms with Gasteiger partial charge in [0.25, 0.3) is 0 Å². The molecule has 0 radical (unpaired) electrons. The van der Waals surface area contributed by atoms with E-state index in [0.717, 1.165) is 0 Å². The zero-order valence-corrected chi connectivity index (χ0v) is 24.2. The van der Waals surface area contributed by atoms with Crippen molar-refractivity contribution in [1.82, 2.24) is 15.0 Å². The van der Waals surface area contributed by atoms with Gasteiger partial charge in [0, 0.05) is 22.6 Å². The Hall–Kier alpha value is -5.40. The predicted octanol–water partition coefficient (Wildman–Crippen LogP) is 4.34. The molecule has 0 spiro atoms. The van der Waals surface area contributed by atoms with Gasteiger partial charge in [-0.1, -0.05) is 6.58 Å². The van der Waals surface area contributed by atoms with Gasteiger partial charge in [0.1, 0.15) is 43.7 Å². The second kappa shape index (κ2) is 16.3. The molecule has 0 aliphatic heterocycles. The number of nitrogens with zero attached hydrogens (tertiary/aromatic N) is 3. The smallest absolute Gasteiger partial charge is 0.333 e. The number of hydrogen-bond acceptors (Lipinski definition) is 13. The zero-order chi connectivity index (χ0) is 31.1. The molecule has 0 unspecified atom stereocenters. The largest absolute Gasteiger partial charge is 0.491 e. The standard InChI is InChI=1S/C31H34N6O7/c1-21(2)28(40)44-20-19-43-27-13-7-24(8-14-27)34-31-36-29(32-22-3-9-25(10-4-22)41-17-15-38)35-30(37-31)33-23-5-11-26(12-6-23)42-18-16-39/h3-14,38-39H,1,15-20H2,2H3,(H3,32,33,34,35,36,37). The van der Waals surface area contributed by atoms with Crippen molar-refractivity contribution in [1.29, 1.82) is 0 Å². The van der Waals surface area contributed by atoms with Crippen LogP contribution < -0.4 is 30.2 Å². The van der Waals surface area contributed by atoms with Gasteiger partial charge in [-0.2, -0.15) is 15.0 Å². The molecule has 4 aromatic rings. The van der Waals surface area contributed by atoms with Crippen molar-refractivity contribution in [2.45, 2.75) is 6.92 Å². The minimum atomic E-state index is -0.457. The average molecular weight is 603 g/mol. The highest BCUT2D eigenvalue weighted by Crippen LogP contribution is 2.24. The highest BCUT2D eigenvalue weighted by molar-refractivity contribution is 5.86. The number of nitrogens with one attached hydrogen (secondary N) is 3. The summed E-state index contributed by atoms with van der Waals surface area (Å²) in [6.07, 6.45) is 0. The van der Waals surface area contributed by atoms with Gasteiger partial charge >= 0.3 is 5.97 Å². The van der Waals surface area contributed by atoms with Crippen LogP contribution in [0.3, 0.4) is 0 Å². The van der Waals surface area contributed by atoms with E-state index in [1.807, 2.05) is 0 Å². The van der Waals surface area contributed by atoms with E-state index in [4.69, 9.17) is 29.2 Å². The van der Waals surface area contributed by atoms with Crippen molar-refractivity contribution < 1.29 is 34.0 Å². The number of esters is 1. The summed E-state index contributed by atoms with van der Waals surface area (Å²) in [6.45, 7) is 5.71. The first-order valence-electron chi connectivity index (χ1n) is 13.7. The first-order chi connectivity index (χ1) is 21.4. The molecule has 0 bridgehead atoms. The van der Waals surface area contributed by atoms with Crippen molar-refractivity contribution >= 4 is 40.9 Å². The minimum Gasteiger partial charge on any atom is -0.491 e. The Morgan fingerprint density at radius 1 is 0.614 bits per heavy atom. The Balaban J connectivity index is 1.46. The first kappa shape index (κ1) is 31.5. The molecule has 13 nitrogen and oxygen atoms in total. The number of aromatic nitrogens is 3. The van der Waals surface area contributed by atoms with Crippen molar-refractivity contribution in [3.05, 3.63) is 84.9 Å². The summed E-state index contributed by atoms with van der Waals surface area (Å²) in [5, 5.41) is 27.5. The number of benzene rings is 3. The Bertz CT molecular complexity index is 1430. The minimum absolute atomic E-state index is 0.0719. The summed E-state index contributed by atoms with van der Waals surface area (Å²) in [4.78, 5) is 25.0. The molecule has 0 saturated heterocycles. The Kier molecular flexibility index (Phi) is 11.7. The molecule has 0 saturated carbocycles. The fraction of sp³-hybridized carbons (Fsp3) is 0.226. The van der Waals surface area contributed by atoms with Crippen molar-refractivity contribution in [3.63, 3.8) is 0 Å². The summed E-state index contributed by atoms with van der Waals surface area (Å²) in [6, 6.07) is 21.4. The van der Waals surface area contributed by atoms with Crippen LogP contribution in [0.1, 0.15) is 6.92 Å². The number of rotatable bonds is 17. The van der Waals surface area contributed by atoms with E-state index in [1.54, 1.807) is 79.7 Å². The fourth-order valence-electron chi connectivity index (χ4n) is 3.58. The zero-order valence-electron chi connectivity index (χ0n) is 24.2. The normalized spacial score (nSPS) is 10.4. The molecule has 4 rings (SSSR count). The number of aliphatic hydroxyl groups is 2. The Labute approximate surface area is 254 Å². The van der Waals surface area contributed by atoms with Crippen molar-refractivity contribution in [3.8, 4) is 17.2 Å². The monoisotopic (exact) mass is 602 g/mol. The number of hydrogen-bond donors (Lipinski definition) is 5. The molecule has 230 valence electrons. The lowest BCUT2D eigenvalue weighted by Crippen LogP contribution is -2.12. The maximum Gasteiger partial charge on any atom is 0.333 e. The van der Waals surface area contributed by atoms with Gasteiger partial charge in [0.15, 0.2) is 0 Å². The lowest BCUT2D eigenvalue weighted by Gasteiger charge is -2.13. The highest BCUT2D eigenvalue weighted by Gasteiger charge is 2.10. The SMILES string of the molecule is C=C(C)C(=O)OCCOc1ccc(Nc2nc(Nc3ccc(OCCO)cc3)nc(Nc3ccc(OCCO)cc3)n2)cc1. The summed E-state index contributed by atoms with van der Waals surface area (Å²) in [5.41, 5.74) is 2.46. The fourth-order valence-corrected chi connectivity index (χ4v) is 3.58. The predicted molar refractivity (Wildman–Crippen MR) is 165 cm³/mol. The lowest BCUT2D eigenvalue weighted by atomic mass is 10.3. The van der Waals surface area contributed by atoms with Gasteiger partial charge in [-0.05, 0) is 79.7 Å². The molecule has 0 aliphatic rings. The molecular weight excluding hydrogens is 568 g/mol. The van der Waals surface area contributed by atoms with Crippen LogP contribution in [0.15, 0.2) is 84.9 Å². The lowest BCUT2D eigenvalue weighted by molar-refractivity contribution is -0.139. The molecule has 0 fully saturated rings. The van der Waals surface area contributed by atoms with Crippen LogP contribution >= 0.6 is 0 Å². The van der Waals surface area contributed by atoms with Gasteiger partial charge in [-0.15, -0.1) is 0 Å².